The molecule has 2 rings (SSSR count). The van der Waals surface area contributed by atoms with Gasteiger partial charge in [-0.1, -0.05) is 37.0 Å². The average Bonchev–Trinajstić information content (AvgIpc) is 3.02. The number of carboxylic acid groups (broad SMARTS) is 1. The zero-order valence-corrected chi connectivity index (χ0v) is 20.0. The van der Waals surface area contributed by atoms with Crippen LogP contribution in [0.5, 0.6) is 0 Å². The molecule has 180 valence electrons. The van der Waals surface area contributed by atoms with Crippen molar-refractivity contribution in [2.45, 2.75) is 44.7 Å². The smallest absolute Gasteiger partial charge is 0.506 e. The van der Waals surface area contributed by atoms with Crippen LogP contribution in [0.3, 0.4) is 0 Å². The number of carbonyl (C=O) groups excluding carboxylic acids is 3. The standard InChI is InChI=1S/C20H26BCl2N3O7/c1-11(2)6-15(26-17(28)10-25-14-7-12(22)4-5-13(14)23)21-32-19(31)20(33-21,9-18(29)30)8-16(27)24-3/h4-5,7,11,15,25H,6,8-10H2,1-3H3,(H,24,27)(H,26,28)(H,29,30)/t15-,20-/m0/s1. The molecule has 2 atom stereocenters. The SMILES string of the molecule is CNC(=O)C[C@@]1(CC(=O)O)OB([C@H](CC(C)C)NC(=O)CNc2cc(Cl)ccc2Cl)OC1=O. The second-order valence-corrected chi connectivity index (χ2v) is 8.93. The van der Waals surface area contributed by atoms with Gasteiger partial charge in [0.05, 0.1) is 36.0 Å². The molecular formula is C20H26BCl2N3O7. The summed E-state index contributed by atoms with van der Waals surface area (Å²) < 4.78 is 11.0. The monoisotopic (exact) mass is 501 g/mol. The molecule has 1 fully saturated rings. The maximum Gasteiger partial charge on any atom is 0.552 e. The Hall–Kier alpha value is -2.50. The number of rotatable bonds is 11. The van der Waals surface area contributed by atoms with E-state index >= 15 is 0 Å². The lowest BCUT2D eigenvalue weighted by molar-refractivity contribution is -0.154. The highest BCUT2D eigenvalue weighted by atomic mass is 35.5. The highest BCUT2D eigenvalue weighted by molar-refractivity contribution is 6.51. The van der Waals surface area contributed by atoms with E-state index in [4.69, 9.17) is 32.5 Å². The van der Waals surface area contributed by atoms with Crippen LogP contribution in [-0.4, -0.2) is 61.1 Å². The number of benzene rings is 1. The van der Waals surface area contributed by atoms with Crippen LogP contribution in [0.25, 0.3) is 0 Å². The van der Waals surface area contributed by atoms with Gasteiger partial charge >= 0.3 is 19.1 Å². The summed E-state index contributed by atoms with van der Waals surface area (Å²) in [4.78, 5) is 48.5. The molecule has 1 aromatic carbocycles. The molecule has 0 aliphatic carbocycles. The van der Waals surface area contributed by atoms with Gasteiger partial charge in [0, 0.05) is 12.1 Å². The highest BCUT2D eigenvalue weighted by Crippen LogP contribution is 2.32. The largest absolute Gasteiger partial charge is 0.552 e. The third-order valence-electron chi connectivity index (χ3n) is 4.87. The number of carboxylic acids is 1. The molecule has 13 heteroatoms. The van der Waals surface area contributed by atoms with Gasteiger partial charge in [0.2, 0.25) is 11.8 Å². The van der Waals surface area contributed by atoms with Crippen molar-refractivity contribution in [1.82, 2.24) is 10.6 Å². The van der Waals surface area contributed by atoms with Crippen LogP contribution in [-0.2, 0) is 28.5 Å². The second-order valence-electron chi connectivity index (χ2n) is 8.09. The number of amides is 2. The van der Waals surface area contributed by atoms with Gasteiger partial charge in [-0.05, 0) is 30.5 Å². The lowest BCUT2D eigenvalue weighted by Gasteiger charge is -2.25. The first-order chi connectivity index (χ1) is 15.5. The number of hydrogen-bond acceptors (Lipinski definition) is 7. The summed E-state index contributed by atoms with van der Waals surface area (Å²) in [6.45, 7) is 3.64. The van der Waals surface area contributed by atoms with Crippen molar-refractivity contribution < 1.29 is 33.6 Å². The zero-order chi connectivity index (χ0) is 24.8. The number of halogens is 2. The first kappa shape index (κ1) is 26.8. The Kier molecular flexibility index (Phi) is 9.39. The Morgan fingerprint density at radius 3 is 2.48 bits per heavy atom. The molecule has 0 saturated carbocycles. The summed E-state index contributed by atoms with van der Waals surface area (Å²) in [6, 6.07) is 4.78. The van der Waals surface area contributed by atoms with Crippen LogP contribution in [0.1, 0.15) is 33.1 Å². The van der Waals surface area contributed by atoms with Gasteiger partial charge in [-0.2, -0.15) is 0 Å². The minimum Gasteiger partial charge on any atom is -0.506 e. The average molecular weight is 502 g/mol. The number of aliphatic carboxylic acids is 1. The Balaban J connectivity index is 2.14. The molecule has 1 aliphatic rings. The molecule has 0 spiro atoms. The molecule has 1 heterocycles. The second kappa shape index (κ2) is 11.6. The Morgan fingerprint density at radius 2 is 1.88 bits per heavy atom. The van der Waals surface area contributed by atoms with Crippen molar-refractivity contribution in [2.24, 2.45) is 5.92 Å². The predicted octanol–water partition coefficient (Wildman–Crippen LogP) is 1.89. The van der Waals surface area contributed by atoms with Crippen molar-refractivity contribution in [3.05, 3.63) is 28.2 Å². The van der Waals surface area contributed by atoms with Crippen molar-refractivity contribution in [3.63, 3.8) is 0 Å². The fourth-order valence-corrected chi connectivity index (χ4v) is 3.72. The fraction of sp³-hybridized carbons (Fsp3) is 0.500. The summed E-state index contributed by atoms with van der Waals surface area (Å²) in [5.41, 5.74) is -1.52. The summed E-state index contributed by atoms with van der Waals surface area (Å²) in [6.07, 6.45) is -0.917. The van der Waals surface area contributed by atoms with E-state index in [0.717, 1.165) is 0 Å². The number of anilines is 1. The van der Waals surface area contributed by atoms with Gasteiger partial charge < -0.3 is 30.4 Å². The summed E-state index contributed by atoms with van der Waals surface area (Å²) >= 11 is 12.0. The van der Waals surface area contributed by atoms with Gasteiger partial charge in [-0.3, -0.25) is 19.2 Å². The third kappa shape index (κ3) is 7.51. The Labute approximate surface area is 201 Å². The molecule has 0 radical (unpaired) electrons. The van der Waals surface area contributed by atoms with Crippen LogP contribution < -0.4 is 16.0 Å². The quantitative estimate of drug-likeness (QED) is 0.336. The molecule has 0 bridgehead atoms. The van der Waals surface area contributed by atoms with E-state index in [0.29, 0.717) is 22.2 Å². The molecule has 2 amide bonds. The highest BCUT2D eigenvalue weighted by Gasteiger charge is 2.57. The minimum atomic E-state index is -1.98. The topological polar surface area (TPSA) is 143 Å². The maximum absolute atomic E-state index is 12.6. The number of nitrogens with one attached hydrogen (secondary N) is 3. The van der Waals surface area contributed by atoms with E-state index in [1.807, 2.05) is 13.8 Å². The molecule has 1 aliphatic heterocycles. The van der Waals surface area contributed by atoms with E-state index < -0.39 is 55.3 Å². The van der Waals surface area contributed by atoms with E-state index in [1.165, 1.54) is 7.05 Å². The lowest BCUT2D eigenvalue weighted by Crippen LogP contribution is -2.51. The summed E-state index contributed by atoms with van der Waals surface area (Å²) in [5.74, 6) is -4.03. The van der Waals surface area contributed by atoms with Crippen molar-refractivity contribution in [3.8, 4) is 0 Å². The lowest BCUT2D eigenvalue weighted by atomic mass is 9.74. The molecular weight excluding hydrogens is 476 g/mol. The van der Waals surface area contributed by atoms with Gasteiger partial charge in [0.15, 0.2) is 5.60 Å². The third-order valence-corrected chi connectivity index (χ3v) is 5.43. The normalized spacial score (nSPS) is 18.6. The molecule has 0 unspecified atom stereocenters. The number of carbonyl (C=O) groups is 4. The molecule has 4 N–H and O–H groups in total. The van der Waals surface area contributed by atoms with Gasteiger partial charge in [0.1, 0.15) is 0 Å². The number of hydrogen-bond donors (Lipinski definition) is 4. The van der Waals surface area contributed by atoms with Crippen LogP contribution in [0, 0.1) is 5.92 Å². The van der Waals surface area contributed by atoms with Gasteiger partial charge in [-0.15, -0.1) is 0 Å². The fourth-order valence-electron chi connectivity index (χ4n) is 3.37. The van der Waals surface area contributed by atoms with Crippen molar-refractivity contribution in [1.29, 1.82) is 0 Å². The molecule has 1 saturated heterocycles. The van der Waals surface area contributed by atoms with Crippen LogP contribution >= 0.6 is 23.2 Å². The minimum absolute atomic E-state index is 0.0707. The Bertz CT molecular complexity index is 918. The zero-order valence-electron chi connectivity index (χ0n) is 18.4. The first-order valence-electron chi connectivity index (χ1n) is 10.3. The van der Waals surface area contributed by atoms with Crippen molar-refractivity contribution >= 4 is 59.8 Å². The predicted molar refractivity (Wildman–Crippen MR) is 123 cm³/mol. The van der Waals surface area contributed by atoms with E-state index in [9.17, 15) is 24.3 Å². The summed E-state index contributed by atoms with van der Waals surface area (Å²) in [5, 5.41) is 18.1. The molecule has 33 heavy (non-hydrogen) atoms. The maximum atomic E-state index is 12.6. The van der Waals surface area contributed by atoms with Crippen LogP contribution in [0.4, 0.5) is 5.69 Å². The van der Waals surface area contributed by atoms with Gasteiger partial charge in [-0.25, -0.2) is 0 Å². The van der Waals surface area contributed by atoms with Crippen molar-refractivity contribution in [2.75, 3.05) is 18.9 Å². The molecule has 1 aromatic rings. The van der Waals surface area contributed by atoms with Crippen LogP contribution in [0.2, 0.25) is 10.0 Å². The van der Waals surface area contributed by atoms with E-state index in [2.05, 4.69) is 16.0 Å². The van der Waals surface area contributed by atoms with E-state index in [1.54, 1.807) is 18.2 Å². The molecule has 0 aromatic heterocycles. The van der Waals surface area contributed by atoms with E-state index in [-0.39, 0.29) is 12.5 Å². The van der Waals surface area contributed by atoms with Crippen LogP contribution in [0.15, 0.2) is 18.2 Å². The summed E-state index contributed by atoms with van der Waals surface area (Å²) in [7, 11) is 0.0952. The Morgan fingerprint density at radius 1 is 1.18 bits per heavy atom. The molecule has 10 nitrogen and oxygen atoms in total. The van der Waals surface area contributed by atoms with Gasteiger partial charge in [0.25, 0.3) is 0 Å². The first-order valence-corrected chi connectivity index (χ1v) is 11.0.